The van der Waals surface area contributed by atoms with E-state index in [1.54, 1.807) is 48.8 Å². The summed E-state index contributed by atoms with van der Waals surface area (Å²) in [6.45, 7) is 3.99. The minimum Gasteiger partial charge on any atom is -0.310 e. The van der Waals surface area contributed by atoms with Crippen LogP contribution in [0.4, 0.5) is 19.0 Å². The minimum atomic E-state index is -4.64. The predicted molar refractivity (Wildman–Crippen MR) is 119 cm³/mol. The van der Waals surface area contributed by atoms with E-state index in [1.807, 2.05) is 18.4 Å². The van der Waals surface area contributed by atoms with Crippen molar-refractivity contribution in [3.8, 4) is 11.5 Å². The Kier molecular flexibility index (Phi) is 6.59. The molecule has 0 saturated carbocycles. The lowest BCUT2D eigenvalue weighted by atomic mass is 10.2. The van der Waals surface area contributed by atoms with Crippen LogP contribution in [0.25, 0.3) is 11.5 Å². The molecule has 4 aromatic rings. The van der Waals surface area contributed by atoms with E-state index in [4.69, 9.17) is 0 Å². The molecule has 0 aliphatic heterocycles. The fraction of sp³-hybridized carbons (Fsp3) is 0.182. The number of benzene rings is 1. The minimum absolute atomic E-state index is 0.114. The van der Waals surface area contributed by atoms with Crippen molar-refractivity contribution in [1.29, 1.82) is 0 Å². The Morgan fingerprint density at radius 3 is 2.65 bits per heavy atom. The topological polar surface area (TPSA) is 98.5 Å². The van der Waals surface area contributed by atoms with Gasteiger partial charge in [-0.2, -0.15) is 13.2 Å². The number of aromatic nitrogens is 6. The summed E-state index contributed by atoms with van der Waals surface area (Å²) in [7, 11) is 0. The van der Waals surface area contributed by atoms with Gasteiger partial charge in [0.25, 0.3) is 5.91 Å². The molecule has 12 heteroatoms. The molecule has 8 nitrogen and oxygen atoms in total. The molecule has 0 spiro atoms. The van der Waals surface area contributed by atoms with Gasteiger partial charge in [-0.3, -0.25) is 4.79 Å². The maximum absolute atomic E-state index is 12.9. The van der Waals surface area contributed by atoms with Crippen LogP contribution < -0.4 is 5.32 Å². The number of hydrogen-bond donors (Lipinski definition) is 1. The molecule has 0 fully saturated rings. The maximum Gasteiger partial charge on any atom is 0.451 e. The van der Waals surface area contributed by atoms with Crippen LogP contribution in [0.1, 0.15) is 36.1 Å². The van der Waals surface area contributed by atoms with E-state index in [0.29, 0.717) is 27.8 Å². The summed E-state index contributed by atoms with van der Waals surface area (Å²) in [4.78, 5) is 24.6. The average Bonchev–Trinajstić information content (AvgIpc) is 3.30. The number of halogens is 3. The zero-order valence-electron chi connectivity index (χ0n) is 18.0. The van der Waals surface area contributed by atoms with Crippen LogP contribution in [0, 0.1) is 0 Å². The third-order valence-electron chi connectivity index (χ3n) is 4.55. The van der Waals surface area contributed by atoms with E-state index in [-0.39, 0.29) is 11.1 Å². The Balaban J connectivity index is 1.51. The van der Waals surface area contributed by atoms with Gasteiger partial charge in [0.2, 0.25) is 5.82 Å². The molecule has 3 heterocycles. The first-order valence-electron chi connectivity index (χ1n) is 10.1. The number of nitrogens with zero attached hydrogens (tertiary/aromatic N) is 6. The molecule has 0 saturated heterocycles. The van der Waals surface area contributed by atoms with Gasteiger partial charge in [-0.05, 0) is 50.2 Å². The van der Waals surface area contributed by atoms with Crippen LogP contribution in [0.5, 0.6) is 0 Å². The van der Waals surface area contributed by atoms with Gasteiger partial charge in [0.05, 0.1) is 0 Å². The SMILES string of the molecule is CC(C)n1cnnc1-c1cccc(NC(=O)c2cccc(Sc3ccnc(C(F)(F)F)n3)c2)n1. The zero-order valence-corrected chi connectivity index (χ0v) is 18.8. The van der Waals surface area contributed by atoms with Gasteiger partial charge in [0.1, 0.15) is 22.9 Å². The van der Waals surface area contributed by atoms with E-state index >= 15 is 0 Å². The number of amides is 1. The monoisotopic (exact) mass is 485 g/mol. The standard InChI is InChI=1S/C22H18F3N7OS/c1-13(2)32-12-27-31-19(32)16-7-4-8-17(28-16)29-20(33)14-5-3-6-15(11-14)34-18-9-10-26-21(30-18)22(23,24)25/h3-13H,1-2H3,(H,28,29,33). The summed E-state index contributed by atoms with van der Waals surface area (Å²) < 4.78 is 40.5. The second kappa shape index (κ2) is 9.59. The fourth-order valence-electron chi connectivity index (χ4n) is 2.98. The van der Waals surface area contributed by atoms with E-state index in [9.17, 15) is 18.0 Å². The third-order valence-corrected chi connectivity index (χ3v) is 5.48. The zero-order chi connectivity index (χ0) is 24.3. The summed E-state index contributed by atoms with van der Waals surface area (Å²) in [6.07, 6.45) is -1.97. The molecule has 174 valence electrons. The Hall–Kier alpha value is -3.80. The molecular formula is C22H18F3N7OS. The Labute approximate surface area is 196 Å². The van der Waals surface area contributed by atoms with Gasteiger partial charge in [0.15, 0.2) is 5.82 Å². The Morgan fingerprint density at radius 1 is 1.09 bits per heavy atom. The van der Waals surface area contributed by atoms with Crippen molar-refractivity contribution in [2.45, 2.75) is 36.0 Å². The van der Waals surface area contributed by atoms with Crippen LogP contribution in [0.2, 0.25) is 0 Å². The maximum atomic E-state index is 12.9. The van der Waals surface area contributed by atoms with Crippen molar-refractivity contribution >= 4 is 23.5 Å². The van der Waals surface area contributed by atoms with Gasteiger partial charge in [-0.15, -0.1) is 10.2 Å². The number of anilines is 1. The predicted octanol–water partition coefficient (Wildman–Crippen LogP) is 5.13. The second-order valence-corrected chi connectivity index (χ2v) is 8.46. The second-order valence-electron chi connectivity index (χ2n) is 7.36. The summed E-state index contributed by atoms with van der Waals surface area (Å²) in [5.74, 6) is -0.737. The molecular weight excluding hydrogens is 467 g/mol. The lowest BCUT2D eigenvalue weighted by Gasteiger charge is -2.11. The summed E-state index contributed by atoms with van der Waals surface area (Å²) in [5.41, 5.74) is 0.866. The first-order chi connectivity index (χ1) is 16.2. The molecule has 0 bridgehead atoms. The number of hydrogen-bond acceptors (Lipinski definition) is 7. The highest BCUT2D eigenvalue weighted by molar-refractivity contribution is 7.99. The fourth-order valence-corrected chi connectivity index (χ4v) is 3.81. The largest absolute Gasteiger partial charge is 0.451 e. The van der Waals surface area contributed by atoms with Gasteiger partial charge < -0.3 is 9.88 Å². The summed E-state index contributed by atoms with van der Waals surface area (Å²) >= 11 is 0.996. The molecule has 1 amide bonds. The van der Waals surface area contributed by atoms with Gasteiger partial charge in [-0.1, -0.05) is 23.9 Å². The lowest BCUT2D eigenvalue weighted by molar-refractivity contribution is -0.145. The number of carbonyl (C=O) groups is 1. The van der Waals surface area contributed by atoms with E-state index in [1.165, 1.54) is 6.07 Å². The molecule has 0 radical (unpaired) electrons. The number of pyridine rings is 1. The summed E-state index contributed by atoms with van der Waals surface area (Å²) in [5, 5.41) is 10.9. The van der Waals surface area contributed by atoms with E-state index in [0.717, 1.165) is 18.0 Å². The first kappa shape index (κ1) is 23.4. The van der Waals surface area contributed by atoms with Crippen LogP contribution in [0.3, 0.4) is 0 Å². The normalized spacial score (nSPS) is 11.6. The first-order valence-corrected chi connectivity index (χ1v) is 10.9. The van der Waals surface area contributed by atoms with Crippen LogP contribution in [-0.4, -0.2) is 35.6 Å². The highest BCUT2D eigenvalue weighted by Gasteiger charge is 2.34. The van der Waals surface area contributed by atoms with Gasteiger partial charge >= 0.3 is 6.18 Å². The summed E-state index contributed by atoms with van der Waals surface area (Å²) in [6, 6.07) is 13.1. The third kappa shape index (κ3) is 5.39. The molecule has 0 aliphatic carbocycles. The van der Waals surface area contributed by atoms with Crippen LogP contribution >= 0.6 is 11.8 Å². The number of nitrogens with one attached hydrogen (secondary N) is 1. The number of rotatable bonds is 6. The van der Waals surface area contributed by atoms with Crippen molar-refractivity contribution in [3.05, 3.63) is 72.4 Å². The van der Waals surface area contributed by atoms with Crippen LogP contribution in [-0.2, 0) is 6.18 Å². The molecule has 3 aromatic heterocycles. The quantitative estimate of drug-likeness (QED) is 0.378. The highest BCUT2D eigenvalue weighted by atomic mass is 32.2. The van der Waals surface area contributed by atoms with Gasteiger partial charge in [0, 0.05) is 22.7 Å². The van der Waals surface area contributed by atoms with E-state index < -0.39 is 17.9 Å². The molecule has 4 rings (SSSR count). The van der Waals surface area contributed by atoms with Gasteiger partial charge in [-0.25, -0.2) is 15.0 Å². The Bertz CT molecular complexity index is 1320. The Morgan fingerprint density at radius 2 is 1.88 bits per heavy atom. The lowest BCUT2D eigenvalue weighted by Crippen LogP contribution is -2.13. The number of alkyl halides is 3. The van der Waals surface area contributed by atoms with E-state index in [2.05, 4.69) is 30.5 Å². The van der Waals surface area contributed by atoms with Crippen molar-refractivity contribution in [1.82, 2.24) is 29.7 Å². The smallest absolute Gasteiger partial charge is 0.310 e. The molecule has 0 aliphatic rings. The number of carbonyl (C=O) groups excluding carboxylic acids is 1. The van der Waals surface area contributed by atoms with Crippen molar-refractivity contribution in [2.24, 2.45) is 0 Å². The molecule has 0 unspecified atom stereocenters. The van der Waals surface area contributed by atoms with Crippen LogP contribution in [0.15, 0.2) is 71.0 Å². The molecule has 0 atom stereocenters. The molecule has 34 heavy (non-hydrogen) atoms. The van der Waals surface area contributed by atoms with Crippen molar-refractivity contribution < 1.29 is 18.0 Å². The average molecular weight is 485 g/mol. The molecule has 1 aromatic carbocycles. The highest BCUT2D eigenvalue weighted by Crippen LogP contribution is 2.31. The van der Waals surface area contributed by atoms with Crippen molar-refractivity contribution in [3.63, 3.8) is 0 Å². The molecule has 1 N–H and O–H groups in total. The van der Waals surface area contributed by atoms with Crippen molar-refractivity contribution in [2.75, 3.05) is 5.32 Å².